The van der Waals surface area contributed by atoms with Gasteiger partial charge in [-0.05, 0) is 117 Å². The van der Waals surface area contributed by atoms with E-state index in [1.54, 1.807) is 6.07 Å². The molecule has 0 radical (unpaired) electrons. The van der Waals surface area contributed by atoms with Crippen LogP contribution < -0.4 is 19.3 Å². The summed E-state index contributed by atoms with van der Waals surface area (Å²) >= 11 is 0.446. The molecule has 1 heterocycles. The van der Waals surface area contributed by atoms with Crippen LogP contribution in [0, 0.1) is 23.3 Å². The van der Waals surface area contributed by atoms with Gasteiger partial charge < -0.3 is 9.47 Å². The standard InChI is InChI=1S/C57H61F4NO6S3/c1-10-26-67-27-15-28-69-56-52(58)54(60)57(55(61)53(56)59)71(65,66)62-70(63,64)50-21-12-11-16-45(50)51-43-24-22-37(29-46-39(33(2)3)17-13-18-40(46)34(4)5)31-48(43)68-49-32-38(23-25-44(49)51)30-47-41(35(6)7)19-14-20-42(47)36(8)9/h11-14,16-25,29,31-36,62H,10,15,26-28,30H2,1-9H3/b37-29+. The van der Waals surface area contributed by atoms with Crippen molar-refractivity contribution in [2.24, 2.45) is 0 Å². The Balaban J connectivity index is 1.38. The smallest absolute Gasteiger partial charge is 0.259 e. The van der Waals surface area contributed by atoms with Gasteiger partial charge in [0.15, 0.2) is 28.2 Å². The van der Waals surface area contributed by atoms with Crippen molar-refractivity contribution in [2.75, 3.05) is 19.0 Å². The summed E-state index contributed by atoms with van der Waals surface area (Å²) in [5, 5.41) is 1.29. The summed E-state index contributed by atoms with van der Waals surface area (Å²) in [6, 6.07) is 29.6. The van der Waals surface area contributed by atoms with Crippen LogP contribution in [0.2, 0.25) is 0 Å². The number of sulfonamides is 2. The van der Waals surface area contributed by atoms with Gasteiger partial charge in [0.05, 0.1) is 9.79 Å². The normalized spacial score (nSPS) is 13.1. The second-order valence-electron chi connectivity index (χ2n) is 19.1. The maximum atomic E-state index is 15.7. The lowest BCUT2D eigenvalue weighted by Gasteiger charge is -2.24. The Bertz CT molecular complexity index is 3250. The molecular weight excluding hydrogens is 967 g/mol. The van der Waals surface area contributed by atoms with Crippen LogP contribution in [0.15, 0.2) is 112 Å². The van der Waals surface area contributed by atoms with E-state index in [9.17, 15) is 16.8 Å². The molecule has 0 unspecified atom stereocenters. The molecule has 0 amide bonds. The molecule has 0 saturated heterocycles. The van der Waals surface area contributed by atoms with E-state index >= 15 is 17.6 Å². The van der Waals surface area contributed by atoms with Crippen molar-refractivity contribution in [1.29, 1.82) is 0 Å². The van der Waals surface area contributed by atoms with E-state index in [-0.39, 0.29) is 48.0 Å². The molecule has 1 aliphatic heterocycles. The van der Waals surface area contributed by atoms with Gasteiger partial charge in [0.1, 0.15) is 11.5 Å². The maximum Gasteiger partial charge on any atom is 0.259 e. The molecule has 376 valence electrons. The predicted octanol–water partition coefficient (Wildman–Crippen LogP) is 13.1. The third-order valence-corrected chi connectivity index (χ3v) is 17.3. The molecule has 1 N–H and O–H groups in total. The molecule has 0 atom stereocenters. The maximum absolute atomic E-state index is 15.7. The minimum absolute atomic E-state index is 0.000725. The lowest BCUT2D eigenvalue weighted by atomic mass is 9.85. The van der Waals surface area contributed by atoms with Crippen LogP contribution in [0.4, 0.5) is 17.6 Å². The molecule has 0 aromatic heterocycles. The zero-order valence-electron chi connectivity index (χ0n) is 41.6. The van der Waals surface area contributed by atoms with Crippen molar-refractivity contribution in [3.63, 3.8) is 0 Å². The van der Waals surface area contributed by atoms with Crippen LogP contribution in [-0.2, 0) is 31.2 Å². The molecular formula is C57H61F4NO6S3. The van der Waals surface area contributed by atoms with Gasteiger partial charge >= 0.3 is 0 Å². The van der Waals surface area contributed by atoms with E-state index in [1.807, 2.05) is 43.3 Å². The molecule has 7 nitrogen and oxygen atoms in total. The molecule has 71 heavy (non-hydrogen) atoms. The number of halogens is 4. The molecule has 1 aliphatic rings. The second-order valence-corrected chi connectivity index (χ2v) is 23.7. The van der Waals surface area contributed by atoms with Crippen molar-refractivity contribution in [3.8, 4) is 11.5 Å². The van der Waals surface area contributed by atoms with E-state index < -0.39 is 58.0 Å². The summed E-state index contributed by atoms with van der Waals surface area (Å²) in [5.74, 6) is -6.70. The number of benzene rings is 6. The Kier molecular flexibility index (Phi) is 16.8. The Morgan fingerprint density at radius 2 is 1.23 bits per heavy atom. The van der Waals surface area contributed by atoms with Crippen LogP contribution in [0.25, 0.3) is 11.6 Å². The van der Waals surface area contributed by atoms with Crippen LogP contribution in [0.5, 0.6) is 11.5 Å². The minimum Gasteiger partial charge on any atom is -0.456 e. The second kappa shape index (κ2) is 22.3. The number of ether oxygens (including phenoxy) is 2. The summed E-state index contributed by atoms with van der Waals surface area (Å²) in [4.78, 5) is -3.76. The highest BCUT2D eigenvalue weighted by Crippen LogP contribution is 2.41. The SMILES string of the molecule is CCCOCCCSc1c(F)c(F)c(S(=O)(=O)NS(=O)(=O)c2ccccc2C2=c3cc/c(=C\c4c(C(C)C)cccc4C(C)C)cc3Oc3cc(Cc4c(C(C)C)cccc4C(C)C)ccc32)c(F)c1F. The highest BCUT2D eigenvalue weighted by atomic mass is 32.3. The summed E-state index contributed by atoms with van der Waals surface area (Å²) in [5.41, 5.74) is 8.89. The fourth-order valence-electron chi connectivity index (χ4n) is 9.17. The summed E-state index contributed by atoms with van der Waals surface area (Å²) in [6.07, 6.45) is 3.72. The first kappa shape index (κ1) is 53.5. The number of rotatable bonds is 19. The Morgan fingerprint density at radius 3 is 1.82 bits per heavy atom. The topological polar surface area (TPSA) is 98.8 Å². The molecule has 0 aliphatic carbocycles. The molecule has 7 rings (SSSR count). The Hall–Kier alpha value is -5.25. The van der Waals surface area contributed by atoms with Crippen molar-refractivity contribution in [1.82, 2.24) is 4.13 Å². The van der Waals surface area contributed by atoms with Gasteiger partial charge in [0.2, 0.25) is 0 Å². The number of hydrogen-bond donors (Lipinski definition) is 1. The quantitative estimate of drug-likeness (QED) is 0.0373. The van der Waals surface area contributed by atoms with Crippen molar-refractivity contribution >= 4 is 43.5 Å². The first-order valence-electron chi connectivity index (χ1n) is 24.0. The molecule has 0 saturated carbocycles. The zero-order valence-corrected chi connectivity index (χ0v) is 44.0. The van der Waals surface area contributed by atoms with E-state index in [1.165, 1.54) is 44.1 Å². The fourth-order valence-corrected chi connectivity index (χ4v) is 13.3. The predicted molar refractivity (Wildman–Crippen MR) is 276 cm³/mol. The van der Waals surface area contributed by atoms with Gasteiger partial charge in [-0.1, -0.05) is 135 Å². The first-order valence-corrected chi connectivity index (χ1v) is 28.0. The molecule has 0 bridgehead atoms. The van der Waals surface area contributed by atoms with E-state index in [2.05, 4.69) is 97.9 Å². The van der Waals surface area contributed by atoms with Crippen LogP contribution in [-0.4, -0.2) is 35.8 Å². The van der Waals surface area contributed by atoms with Crippen molar-refractivity contribution in [2.45, 2.75) is 120 Å². The van der Waals surface area contributed by atoms with Gasteiger partial charge in [-0.25, -0.2) is 34.4 Å². The number of fused-ring (bicyclic) bond motifs is 2. The van der Waals surface area contributed by atoms with Crippen LogP contribution >= 0.6 is 11.8 Å². The highest BCUT2D eigenvalue weighted by Gasteiger charge is 2.37. The minimum atomic E-state index is -5.84. The Morgan fingerprint density at radius 1 is 0.634 bits per heavy atom. The van der Waals surface area contributed by atoms with Gasteiger partial charge in [0.25, 0.3) is 20.0 Å². The van der Waals surface area contributed by atoms with Crippen LogP contribution in [0.3, 0.4) is 0 Å². The average molecular weight is 1030 g/mol. The van der Waals surface area contributed by atoms with Crippen molar-refractivity contribution in [3.05, 3.63) is 181 Å². The molecule has 6 aromatic rings. The van der Waals surface area contributed by atoms with Gasteiger partial charge in [-0.3, -0.25) is 0 Å². The van der Waals surface area contributed by atoms with E-state index in [0.717, 1.165) is 28.8 Å². The summed E-state index contributed by atoms with van der Waals surface area (Å²) in [6.45, 7) is 19.8. The van der Waals surface area contributed by atoms with Gasteiger partial charge in [-0.15, -0.1) is 15.9 Å². The lowest BCUT2D eigenvalue weighted by Crippen LogP contribution is -2.33. The molecule has 14 heteroatoms. The molecule has 0 fully saturated rings. The van der Waals surface area contributed by atoms with Crippen LogP contribution in [0.1, 0.15) is 149 Å². The van der Waals surface area contributed by atoms with E-state index in [0.29, 0.717) is 52.6 Å². The van der Waals surface area contributed by atoms with Gasteiger partial charge in [-0.2, -0.15) is 0 Å². The average Bonchev–Trinajstić information content (AvgIpc) is 3.31. The fraction of sp³-hybridized carbons (Fsp3) is 0.333. The highest BCUT2D eigenvalue weighted by molar-refractivity contribution is 8.04. The van der Waals surface area contributed by atoms with Gasteiger partial charge in [0, 0.05) is 40.9 Å². The monoisotopic (exact) mass is 1030 g/mol. The van der Waals surface area contributed by atoms with Crippen molar-refractivity contribution < 1.29 is 43.9 Å². The third-order valence-electron chi connectivity index (χ3n) is 12.6. The zero-order chi connectivity index (χ0) is 51.5. The third kappa shape index (κ3) is 11.4. The Labute approximate surface area is 420 Å². The number of nitrogens with one attached hydrogen (secondary N) is 1. The molecule has 6 aromatic carbocycles. The first-order chi connectivity index (χ1) is 33.7. The number of hydrogen-bond acceptors (Lipinski definition) is 7. The molecule has 0 spiro atoms. The summed E-state index contributed by atoms with van der Waals surface area (Å²) < 4.78 is 132. The largest absolute Gasteiger partial charge is 0.456 e. The van der Waals surface area contributed by atoms with E-state index in [4.69, 9.17) is 9.47 Å². The summed E-state index contributed by atoms with van der Waals surface area (Å²) in [7, 11) is -11.1. The lowest BCUT2D eigenvalue weighted by molar-refractivity contribution is 0.136. The number of thioether (sulfide) groups is 1.